The van der Waals surface area contributed by atoms with Crippen LogP contribution in [0, 0.1) is 0 Å². The normalized spacial score (nSPS) is 17.9. The van der Waals surface area contributed by atoms with Crippen LogP contribution in [0.2, 0.25) is 0 Å². The van der Waals surface area contributed by atoms with E-state index in [1.54, 1.807) is 0 Å². The third-order valence-electron chi connectivity index (χ3n) is 2.38. The molecule has 0 spiro atoms. The Kier molecular flexibility index (Phi) is 5.40. The zero-order valence-electron chi connectivity index (χ0n) is 9.24. The Hall–Kier alpha value is -0.740. The second-order valence-corrected chi connectivity index (χ2v) is 3.51. The van der Waals surface area contributed by atoms with Gasteiger partial charge in [0.2, 0.25) is 0 Å². The third kappa shape index (κ3) is 3.55. The Balaban J connectivity index is 2.44. The first-order valence-corrected chi connectivity index (χ1v) is 5.47. The highest BCUT2D eigenvalue weighted by Crippen LogP contribution is 2.08. The van der Waals surface area contributed by atoms with E-state index in [1.165, 1.54) is 11.4 Å². The highest BCUT2D eigenvalue weighted by molar-refractivity contribution is 5.12. The summed E-state index contributed by atoms with van der Waals surface area (Å²) in [6, 6.07) is 0. The fourth-order valence-electron chi connectivity index (χ4n) is 1.56. The molecule has 0 saturated heterocycles. The summed E-state index contributed by atoms with van der Waals surface area (Å²) >= 11 is 0. The molecule has 0 aromatic heterocycles. The monoisotopic (exact) mass is 198 g/mol. The summed E-state index contributed by atoms with van der Waals surface area (Å²) in [4.78, 5) is 0. The maximum atomic E-state index is 3.38. The van der Waals surface area contributed by atoms with Crippen LogP contribution in [0.1, 0.15) is 26.2 Å². The summed E-state index contributed by atoms with van der Waals surface area (Å²) < 4.78 is 0. The second-order valence-electron chi connectivity index (χ2n) is 3.51. The largest absolute Gasteiger partial charge is 0.390 e. The second kappa shape index (κ2) is 6.68. The van der Waals surface area contributed by atoms with Crippen LogP contribution in [-0.4, -0.2) is 26.7 Å². The van der Waals surface area contributed by atoms with E-state index in [0.717, 1.165) is 38.9 Å². The minimum atomic E-state index is 1.01. The van der Waals surface area contributed by atoms with E-state index in [4.69, 9.17) is 0 Å². The van der Waals surface area contributed by atoms with Crippen LogP contribution in [0.5, 0.6) is 0 Å². The van der Waals surface area contributed by atoms with E-state index in [1.807, 2.05) is 7.05 Å². The van der Waals surface area contributed by atoms with Gasteiger partial charge in [-0.15, -0.1) is 0 Å². The molecule has 0 bridgehead atoms. The summed E-state index contributed by atoms with van der Waals surface area (Å²) in [5.74, 6) is 0. The van der Waals surface area contributed by atoms with Crippen LogP contribution in [0.3, 0.4) is 0 Å². The van der Waals surface area contributed by atoms with Crippen LogP contribution in [0.15, 0.2) is 11.4 Å². The number of hydrazine groups is 1. The van der Waals surface area contributed by atoms with Crippen LogP contribution in [0.4, 0.5) is 0 Å². The van der Waals surface area contributed by atoms with Gasteiger partial charge in [-0.3, -0.25) is 0 Å². The quantitative estimate of drug-likeness (QED) is 0.379. The van der Waals surface area contributed by atoms with Crippen LogP contribution >= 0.6 is 0 Å². The topological polar surface area (TPSA) is 48.1 Å². The molecule has 0 saturated carbocycles. The number of rotatable bonds is 5. The van der Waals surface area contributed by atoms with E-state index in [-0.39, 0.29) is 0 Å². The lowest BCUT2D eigenvalue weighted by Gasteiger charge is -2.14. The van der Waals surface area contributed by atoms with Crippen molar-refractivity contribution in [1.82, 2.24) is 21.5 Å². The molecule has 1 aliphatic heterocycles. The summed E-state index contributed by atoms with van der Waals surface area (Å²) in [5, 5.41) is 6.64. The van der Waals surface area contributed by atoms with Crippen molar-refractivity contribution in [2.75, 3.05) is 26.7 Å². The fraction of sp³-hybridized carbons (Fsp3) is 0.800. The van der Waals surface area contributed by atoms with Gasteiger partial charge in [0.25, 0.3) is 0 Å². The molecule has 0 atom stereocenters. The first kappa shape index (κ1) is 11.3. The Labute approximate surface area is 86.5 Å². The lowest BCUT2D eigenvalue weighted by Crippen LogP contribution is -2.34. The number of hydrogen-bond donors (Lipinski definition) is 4. The van der Waals surface area contributed by atoms with Gasteiger partial charge in [0.1, 0.15) is 0 Å². The molecule has 0 radical (unpaired) electrons. The smallest absolute Gasteiger partial charge is 0.0463 e. The fourth-order valence-corrected chi connectivity index (χ4v) is 1.56. The van der Waals surface area contributed by atoms with Crippen molar-refractivity contribution in [3.63, 3.8) is 0 Å². The van der Waals surface area contributed by atoms with Gasteiger partial charge < -0.3 is 16.1 Å². The van der Waals surface area contributed by atoms with E-state index in [2.05, 4.69) is 28.4 Å². The van der Waals surface area contributed by atoms with Gasteiger partial charge in [0.15, 0.2) is 0 Å². The van der Waals surface area contributed by atoms with Crippen LogP contribution < -0.4 is 21.5 Å². The first-order chi connectivity index (χ1) is 6.88. The molecule has 82 valence electrons. The lowest BCUT2D eigenvalue weighted by molar-refractivity contribution is 0.565. The molecule has 4 heteroatoms. The molecule has 1 aliphatic rings. The van der Waals surface area contributed by atoms with Gasteiger partial charge in [-0.1, -0.05) is 6.92 Å². The van der Waals surface area contributed by atoms with Gasteiger partial charge in [0.05, 0.1) is 0 Å². The van der Waals surface area contributed by atoms with Gasteiger partial charge >= 0.3 is 0 Å². The summed E-state index contributed by atoms with van der Waals surface area (Å²) in [5.41, 5.74) is 9.13. The molecular formula is C10H22N4. The third-order valence-corrected chi connectivity index (χ3v) is 2.38. The summed E-state index contributed by atoms with van der Waals surface area (Å²) in [6.45, 7) is 5.29. The highest BCUT2D eigenvalue weighted by Gasteiger charge is 2.08. The van der Waals surface area contributed by atoms with Crippen LogP contribution in [0.25, 0.3) is 0 Å². The zero-order chi connectivity index (χ0) is 10.2. The predicted molar refractivity (Wildman–Crippen MR) is 59.6 cm³/mol. The number of nitrogens with one attached hydrogen (secondary N) is 4. The van der Waals surface area contributed by atoms with E-state index < -0.39 is 0 Å². The average molecular weight is 198 g/mol. The van der Waals surface area contributed by atoms with Crippen molar-refractivity contribution in [1.29, 1.82) is 0 Å². The Bertz CT molecular complexity index is 189. The van der Waals surface area contributed by atoms with Gasteiger partial charge in [-0.25, -0.2) is 5.43 Å². The summed E-state index contributed by atoms with van der Waals surface area (Å²) in [6.07, 6.45) is 3.28. The first-order valence-electron chi connectivity index (χ1n) is 5.47. The minimum absolute atomic E-state index is 1.01. The molecular weight excluding hydrogens is 176 g/mol. The number of hydrogen-bond acceptors (Lipinski definition) is 4. The summed E-state index contributed by atoms with van der Waals surface area (Å²) in [7, 11) is 1.99. The molecule has 0 amide bonds. The van der Waals surface area contributed by atoms with Crippen molar-refractivity contribution in [2.45, 2.75) is 26.2 Å². The zero-order valence-corrected chi connectivity index (χ0v) is 9.24. The molecule has 4 nitrogen and oxygen atoms in total. The molecule has 14 heavy (non-hydrogen) atoms. The van der Waals surface area contributed by atoms with Crippen molar-refractivity contribution in [3.05, 3.63) is 11.4 Å². The van der Waals surface area contributed by atoms with Gasteiger partial charge in [-0.2, -0.15) is 0 Å². The van der Waals surface area contributed by atoms with E-state index in [9.17, 15) is 0 Å². The van der Waals surface area contributed by atoms with Gasteiger partial charge in [0, 0.05) is 50.9 Å². The Morgan fingerprint density at radius 3 is 2.57 bits per heavy atom. The van der Waals surface area contributed by atoms with Crippen LogP contribution in [-0.2, 0) is 0 Å². The molecule has 0 aliphatic carbocycles. The molecule has 0 aromatic rings. The molecule has 4 N–H and O–H groups in total. The average Bonchev–Trinajstić information content (AvgIpc) is 2.43. The standard InChI is InChI=1S/C10H22N4/c1-3-6-13-14-10-5-8-12-7-4-9(10)11-2/h11-14H,3-8H2,1-2H3. The molecule has 0 unspecified atom stereocenters. The molecule has 0 aromatic carbocycles. The SMILES string of the molecule is CCCNNC1=C(NC)CCNCC1. The van der Waals surface area contributed by atoms with Crippen molar-refractivity contribution in [2.24, 2.45) is 0 Å². The lowest BCUT2D eigenvalue weighted by atomic mass is 10.2. The van der Waals surface area contributed by atoms with E-state index in [0.29, 0.717) is 0 Å². The van der Waals surface area contributed by atoms with E-state index >= 15 is 0 Å². The molecule has 1 heterocycles. The molecule has 0 fully saturated rings. The maximum absolute atomic E-state index is 3.38. The van der Waals surface area contributed by atoms with Crippen molar-refractivity contribution < 1.29 is 0 Å². The van der Waals surface area contributed by atoms with Crippen molar-refractivity contribution in [3.8, 4) is 0 Å². The van der Waals surface area contributed by atoms with Gasteiger partial charge in [-0.05, 0) is 6.42 Å². The predicted octanol–water partition coefficient (Wildman–Crippen LogP) is 0.305. The Morgan fingerprint density at radius 1 is 1.21 bits per heavy atom. The molecule has 1 rings (SSSR count). The highest BCUT2D eigenvalue weighted by atomic mass is 15.4. The maximum Gasteiger partial charge on any atom is 0.0463 e. The minimum Gasteiger partial charge on any atom is -0.390 e. The Morgan fingerprint density at radius 2 is 1.93 bits per heavy atom. The van der Waals surface area contributed by atoms with Crippen molar-refractivity contribution >= 4 is 0 Å².